The number of aromatic nitrogens is 8. The average molecular weight is 849 g/mol. The molecule has 0 fully saturated rings. The van der Waals surface area contributed by atoms with Crippen molar-refractivity contribution in [1.29, 1.82) is 0 Å². The number of fused-ring (bicyclic) bond motifs is 7. The topological polar surface area (TPSA) is 103 Å². The van der Waals surface area contributed by atoms with Gasteiger partial charge < -0.3 is 0 Å². The number of nitrogens with zero attached hydrogens (tertiary/aromatic N) is 8. The molecule has 6 aromatic carbocycles. The van der Waals surface area contributed by atoms with Gasteiger partial charge in [0.1, 0.15) is 0 Å². The molecule has 13 rings (SSSR count). The van der Waals surface area contributed by atoms with Crippen LogP contribution < -0.4 is 0 Å². The normalized spacial score (nSPS) is 11.7. The van der Waals surface area contributed by atoms with Crippen molar-refractivity contribution in [3.8, 4) is 67.5 Å². The van der Waals surface area contributed by atoms with E-state index in [0.29, 0.717) is 17.5 Å². The summed E-state index contributed by atoms with van der Waals surface area (Å²) in [4.78, 5) is 39.9. The molecule has 0 N–H and O–H groups in total. The molecule has 0 saturated heterocycles. The molecule has 0 spiro atoms. The Bertz CT molecular complexity index is 3770. The number of hydrogen-bond donors (Lipinski definition) is 0. The number of pyridine rings is 5. The summed E-state index contributed by atoms with van der Waals surface area (Å²) in [5, 5.41) is 6.36. The highest BCUT2D eigenvalue weighted by molar-refractivity contribution is 7.25. The smallest absolute Gasteiger partial charge is 0.164 e. The first-order valence-electron chi connectivity index (χ1n) is 21.3. The van der Waals surface area contributed by atoms with E-state index in [1.807, 2.05) is 61.3 Å². The highest BCUT2D eigenvalue weighted by Gasteiger charge is 2.21. The van der Waals surface area contributed by atoms with Gasteiger partial charge in [-0.25, -0.2) is 15.0 Å². The van der Waals surface area contributed by atoms with E-state index in [4.69, 9.17) is 34.9 Å². The molecule has 13 aromatic rings. The lowest BCUT2D eigenvalue weighted by Gasteiger charge is -2.16. The molecular weight excluding hydrogens is 817 g/mol. The third-order valence-electron chi connectivity index (χ3n) is 12.1. The van der Waals surface area contributed by atoms with Crippen LogP contribution in [0.15, 0.2) is 195 Å². The second-order valence-electron chi connectivity index (χ2n) is 16.0. The highest BCUT2D eigenvalue weighted by atomic mass is 32.1. The molecule has 302 valence electrons. The van der Waals surface area contributed by atoms with E-state index in [9.17, 15) is 0 Å². The molecule has 0 bridgehead atoms. The average Bonchev–Trinajstić information content (AvgIpc) is 3.75. The molecule has 0 atom stereocenters. The summed E-state index contributed by atoms with van der Waals surface area (Å²) in [6, 6.07) is 54.6. The lowest BCUT2D eigenvalue weighted by molar-refractivity contribution is 1.07. The Labute approximate surface area is 375 Å². The van der Waals surface area contributed by atoms with Crippen molar-refractivity contribution in [2.45, 2.75) is 0 Å². The maximum Gasteiger partial charge on any atom is 0.164 e. The van der Waals surface area contributed by atoms with Gasteiger partial charge in [-0.15, -0.1) is 11.3 Å². The predicted octanol–water partition coefficient (Wildman–Crippen LogP) is 13.8. The van der Waals surface area contributed by atoms with E-state index in [-0.39, 0.29) is 0 Å². The zero-order valence-electron chi connectivity index (χ0n) is 34.5. The number of rotatable bonds is 6. The molecule has 7 aromatic heterocycles. The standard InChI is InChI=1S/C56H32N8S/c1-2-14-48-42(11-1)45-29-37(19-20-49(45)65-48)55-62-54(34-17-15-33(16-18-34)38-10-3-21-57-32-38)63-56(64-55)41-27-39(50-43-12-6-22-58-46(43)30-35-8-4-24-60-52(35)50)26-40(28-41)51-44-13-7-23-59-47(44)31-36-9-5-25-61-53(36)51/h1-32H. The second kappa shape index (κ2) is 15.0. The number of benzene rings is 6. The SMILES string of the molecule is c1cncc(-c2ccc(-c3nc(-c4cc(-c5c6cccnc6cc6cccnc56)cc(-c5c6cccnc6cc6cccnc56)c4)nc(-c4ccc5sc6ccccc6c5c4)n3)cc2)c1. The minimum absolute atomic E-state index is 0.533. The molecule has 0 aliphatic rings. The van der Waals surface area contributed by atoms with E-state index in [1.54, 1.807) is 17.5 Å². The Hall–Kier alpha value is -8.66. The van der Waals surface area contributed by atoms with Crippen LogP contribution in [0.1, 0.15) is 0 Å². The minimum Gasteiger partial charge on any atom is -0.264 e. The lowest BCUT2D eigenvalue weighted by Crippen LogP contribution is -2.01. The van der Waals surface area contributed by atoms with Crippen LogP contribution in [0.2, 0.25) is 0 Å². The summed E-state index contributed by atoms with van der Waals surface area (Å²) in [5.74, 6) is 1.67. The molecule has 65 heavy (non-hydrogen) atoms. The van der Waals surface area contributed by atoms with Crippen molar-refractivity contribution in [2.24, 2.45) is 0 Å². The summed E-state index contributed by atoms with van der Waals surface area (Å²) < 4.78 is 2.45. The van der Waals surface area contributed by atoms with Crippen LogP contribution in [0, 0.1) is 0 Å². The maximum absolute atomic E-state index is 5.37. The molecule has 7 heterocycles. The van der Waals surface area contributed by atoms with Gasteiger partial charge in [0.05, 0.1) is 22.1 Å². The monoisotopic (exact) mass is 848 g/mol. The molecule has 0 saturated carbocycles. The van der Waals surface area contributed by atoms with Crippen molar-refractivity contribution in [2.75, 3.05) is 0 Å². The van der Waals surface area contributed by atoms with E-state index in [2.05, 4.69) is 132 Å². The quantitative estimate of drug-likeness (QED) is 0.152. The van der Waals surface area contributed by atoms with Crippen LogP contribution in [0.25, 0.3) is 131 Å². The molecule has 8 nitrogen and oxygen atoms in total. The van der Waals surface area contributed by atoms with Crippen molar-refractivity contribution >= 4 is 75.1 Å². The van der Waals surface area contributed by atoms with E-state index in [0.717, 1.165) is 93.7 Å². The molecule has 0 amide bonds. The van der Waals surface area contributed by atoms with Gasteiger partial charge in [-0.3, -0.25) is 24.9 Å². The summed E-state index contributed by atoms with van der Waals surface area (Å²) in [7, 11) is 0. The zero-order valence-corrected chi connectivity index (χ0v) is 35.3. The van der Waals surface area contributed by atoms with E-state index >= 15 is 0 Å². The molecule has 0 radical (unpaired) electrons. The Morgan fingerprint density at radius 3 is 1.51 bits per heavy atom. The summed E-state index contributed by atoms with van der Waals surface area (Å²) in [5.41, 5.74) is 12.0. The minimum atomic E-state index is 0.533. The van der Waals surface area contributed by atoms with E-state index < -0.39 is 0 Å². The van der Waals surface area contributed by atoms with Crippen LogP contribution in [0.5, 0.6) is 0 Å². The fourth-order valence-corrected chi connectivity index (χ4v) is 10.2. The van der Waals surface area contributed by atoms with Gasteiger partial charge >= 0.3 is 0 Å². The number of hydrogen-bond acceptors (Lipinski definition) is 9. The van der Waals surface area contributed by atoms with Gasteiger partial charge in [0.25, 0.3) is 0 Å². The predicted molar refractivity (Wildman–Crippen MR) is 264 cm³/mol. The van der Waals surface area contributed by atoms with Crippen molar-refractivity contribution in [3.63, 3.8) is 0 Å². The fourth-order valence-electron chi connectivity index (χ4n) is 9.13. The van der Waals surface area contributed by atoms with Gasteiger partial charge in [0.2, 0.25) is 0 Å². The first-order valence-corrected chi connectivity index (χ1v) is 22.1. The Balaban J connectivity index is 1.10. The molecule has 0 aliphatic heterocycles. The van der Waals surface area contributed by atoms with Gasteiger partial charge in [-0.2, -0.15) is 0 Å². The summed E-state index contributed by atoms with van der Waals surface area (Å²) >= 11 is 1.79. The van der Waals surface area contributed by atoms with Crippen molar-refractivity contribution in [3.05, 3.63) is 195 Å². The fraction of sp³-hybridized carbons (Fsp3) is 0. The van der Waals surface area contributed by atoms with Crippen molar-refractivity contribution < 1.29 is 0 Å². The molecule has 0 aliphatic carbocycles. The maximum atomic E-state index is 5.37. The third-order valence-corrected chi connectivity index (χ3v) is 13.3. The molecular formula is C56H32N8S. The van der Waals surface area contributed by atoms with Crippen molar-refractivity contribution in [1.82, 2.24) is 39.9 Å². The van der Waals surface area contributed by atoms with E-state index in [1.165, 1.54) is 20.2 Å². The van der Waals surface area contributed by atoms with Gasteiger partial charge in [0.15, 0.2) is 17.5 Å². The second-order valence-corrected chi connectivity index (χ2v) is 17.1. The number of thiophene rings is 1. The van der Waals surface area contributed by atoms with Gasteiger partial charge in [0, 0.05) is 107 Å². The Morgan fingerprint density at radius 1 is 0.323 bits per heavy atom. The highest BCUT2D eigenvalue weighted by Crippen LogP contribution is 2.43. The van der Waals surface area contributed by atoms with Crippen LogP contribution in [0.3, 0.4) is 0 Å². The first kappa shape index (κ1) is 36.9. The summed E-state index contributed by atoms with van der Waals surface area (Å²) in [6.45, 7) is 0. The summed E-state index contributed by atoms with van der Waals surface area (Å²) in [6.07, 6.45) is 11.0. The van der Waals surface area contributed by atoms with Crippen LogP contribution >= 0.6 is 11.3 Å². The van der Waals surface area contributed by atoms with Crippen LogP contribution in [0.4, 0.5) is 0 Å². The van der Waals surface area contributed by atoms with Crippen LogP contribution in [-0.4, -0.2) is 39.9 Å². The molecule has 0 unspecified atom stereocenters. The Kier molecular flexibility index (Phi) is 8.53. The van der Waals surface area contributed by atoms with Crippen LogP contribution in [-0.2, 0) is 0 Å². The Morgan fingerprint density at radius 2 is 0.846 bits per heavy atom. The van der Waals surface area contributed by atoms with Gasteiger partial charge in [-0.05, 0) is 107 Å². The third kappa shape index (κ3) is 6.36. The zero-order chi connectivity index (χ0) is 42.8. The first-order chi connectivity index (χ1) is 32.2. The molecule has 9 heteroatoms. The largest absolute Gasteiger partial charge is 0.264 e. The lowest BCUT2D eigenvalue weighted by atomic mass is 9.90. The van der Waals surface area contributed by atoms with Gasteiger partial charge in [-0.1, -0.05) is 72.8 Å².